The van der Waals surface area contributed by atoms with Crippen molar-refractivity contribution in [1.29, 1.82) is 0 Å². The summed E-state index contributed by atoms with van der Waals surface area (Å²) in [5, 5.41) is 35.3. The van der Waals surface area contributed by atoms with Crippen LogP contribution in [0.2, 0.25) is 0 Å². The van der Waals surface area contributed by atoms with E-state index in [1.165, 1.54) is 22.1 Å². The number of hydrogen-bond acceptors (Lipinski definition) is 5. The number of rotatable bonds is 10. The van der Waals surface area contributed by atoms with Crippen LogP contribution in [-0.4, -0.2) is 56.3 Å². The Balaban J connectivity index is 0.000000482. The Labute approximate surface area is 236 Å². The van der Waals surface area contributed by atoms with Crippen LogP contribution in [0.5, 0.6) is 0 Å². The molecule has 4 rings (SSSR count). The highest BCUT2D eigenvalue weighted by Crippen LogP contribution is 2.29. The summed E-state index contributed by atoms with van der Waals surface area (Å²) >= 11 is 0. The molecule has 214 valence electrons. The topological polar surface area (TPSA) is 129 Å². The smallest absolute Gasteiger partial charge is 0.303 e. The third-order valence-electron chi connectivity index (χ3n) is 7.06. The lowest BCUT2D eigenvalue weighted by Crippen LogP contribution is -2.50. The van der Waals surface area contributed by atoms with Crippen molar-refractivity contribution in [3.05, 3.63) is 101 Å². The van der Waals surface area contributed by atoms with Gasteiger partial charge in [0.1, 0.15) is 0 Å². The average molecular weight is 547 g/mol. The summed E-state index contributed by atoms with van der Waals surface area (Å²) in [5.74, 6) is -0.758. The van der Waals surface area contributed by atoms with E-state index >= 15 is 0 Å². The monoisotopic (exact) mass is 546 g/mol. The summed E-state index contributed by atoms with van der Waals surface area (Å²) in [6, 6.07) is 25.7. The van der Waals surface area contributed by atoms with E-state index in [4.69, 9.17) is 26.2 Å². The van der Waals surface area contributed by atoms with Crippen LogP contribution in [0.3, 0.4) is 0 Å². The molecule has 0 fully saturated rings. The Hall–Kier alpha value is -3.49. The molecule has 1 heterocycles. The normalized spacial score (nSPS) is 11.8. The fraction of sp³-hybridized carbons (Fsp3) is 0.364. The zero-order chi connectivity index (χ0) is 29.3. The summed E-state index contributed by atoms with van der Waals surface area (Å²) in [4.78, 5) is 11.0. The second-order valence-electron chi connectivity index (χ2n) is 11.4. The van der Waals surface area contributed by atoms with Gasteiger partial charge >= 0.3 is 5.97 Å². The van der Waals surface area contributed by atoms with E-state index in [1.54, 1.807) is 0 Å². The Morgan fingerprint density at radius 1 is 0.800 bits per heavy atom. The molecule has 0 unspecified atom stereocenters. The molecule has 0 radical (unpaired) electrons. The standard InChI is InChI=1S/C29H31NO2.C4H11NO3/c1-29(2,3)24-13-15-25(16-14-24)30-20-23(12-9-21-7-5-4-6-8-21)26-19-22(10-17-27(26)30)11-18-28(31)32;5-4(1-6,2-7)3-8/h4-8,10,13-17,19-20H,9,11-12,18H2,1-3H3,(H,31,32);6-8H,1-3,5H2. The number of aryl methyl sites for hydroxylation is 3. The highest BCUT2D eigenvalue weighted by Gasteiger charge is 2.20. The van der Waals surface area contributed by atoms with Gasteiger partial charge in [-0.1, -0.05) is 69.3 Å². The first-order valence-electron chi connectivity index (χ1n) is 13.6. The van der Waals surface area contributed by atoms with Gasteiger partial charge in [0.05, 0.1) is 30.9 Å². The zero-order valence-corrected chi connectivity index (χ0v) is 23.7. The van der Waals surface area contributed by atoms with Crippen LogP contribution in [0, 0.1) is 0 Å². The number of nitrogens with zero attached hydrogens (tertiary/aromatic N) is 1. The van der Waals surface area contributed by atoms with E-state index < -0.39 is 31.3 Å². The largest absolute Gasteiger partial charge is 0.481 e. The van der Waals surface area contributed by atoms with Gasteiger partial charge in [-0.25, -0.2) is 0 Å². The molecule has 0 atom stereocenters. The molecule has 7 heteroatoms. The Morgan fingerprint density at radius 3 is 1.95 bits per heavy atom. The van der Waals surface area contributed by atoms with Crippen molar-refractivity contribution >= 4 is 16.9 Å². The highest BCUT2D eigenvalue weighted by atomic mass is 16.4. The van der Waals surface area contributed by atoms with Crippen molar-refractivity contribution in [2.45, 2.75) is 57.4 Å². The molecule has 0 spiro atoms. The van der Waals surface area contributed by atoms with Crippen LogP contribution >= 0.6 is 0 Å². The molecular weight excluding hydrogens is 504 g/mol. The minimum Gasteiger partial charge on any atom is -0.481 e. The van der Waals surface area contributed by atoms with E-state index in [2.05, 4.69) is 98.3 Å². The van der Waals surface area contributed by atoms with Gasteiger partial charge in [-0.2, -0.15) is 0 Å². The summed E-state index contributed by atoms with van der Waals surface area (Å²) in [5.41, 5.74) is 11.4. The van der Waals surface area contributed by atoms with Crippen LogP contribution in [-0.2, 0) is 29.5 Å². The van der Waals surface area contributed by atoms with E-state index in [9.17, 15) is 4.79 Å². The molecule has 0 saturated heterocycles. The first-order chi connectivity index (χ1) is 19.0. The quantitative estimate of drug-likeness (QED) is 0.201. The summed E-state index contributed by atoms with van der Waals surface area (Å²) < 4.78 is 2.27. The van der Waals surface area contributed by atoms with Crippen LogP contribution in [0.1, 0.15) is 49.4 Å². The maximum atomic E-state index is 11.0. The number of aliphatic hydroxyl groups excluding tert-OH is 3. The summed E-state index contributed by atoms with van der Waals surface area (Å²) in [6.07, 6.45) is 4.87. The van der Waals surface area contributed by atoms with Gasteiger partial charge in [0.2, 0.25) is 0 Å². The van der Waals surface area contributed by atoms with Crippen molar-refractivity contribution in [3.63, 3.8) is 0 Å². The number of aliphatic carboxylic acids is 1. The molecule has 1 aromatic heterocycles. The molecular formula is C33H42N2O5. The molecule has 0 aliphatic rings. The minimum atomic E-state index is -1.21. The first kappa shape index (κ1) is 31.0. The number of nitrogens with two attached hydrogens (primary N) is 1. The van der Waals surface area contributed by atoms with Crippen LogP contribution in [0.4, 0.5) is 0 Å². The van der Waals surface area contributed by atoms with Crippen molar-refractivity contribution in [3.8, 4) is 5.69 Å². The number of carboxylic acids is 1. The molecule has 4 aromatic rings. The number of benzene rings is 3. The molecule has 0 aliphatic carbocycles. The van der Waals surface area contributed by atoms with Gasteiger partial charge in [-0.3, -0.25) is 4.79 Å². The van der Waals surface area contributed by atoms with Gasteiger partial charge in [0.15, 0.2) is 0 Å². The number of carbonyl (C=O) groups is 1. The maximum Gasteiger partial charge on any atom is 0.303 e. The Bertz CT molecular complexity index is 1360. The molecule has 0 aliphatic heterocycles. The van der Waals surface area contributed by atoms with Crippen LogP contribution in [0.25, 0.3) is 16.6 Å². The predicted octanol–water partition coefficient (Wildman–Crippen LogP) is 4.39. The number of aromatic nitrogens is 1. The summed E-state index contributed by atoms with van der Waals surface area (Å²) in [7, 11) is 0. The number of hydrogen-bond donors (Lipinski definition) is 5. The van der Waals surface area contributed by atoms with Gasteiger partial charge in [0, 0.05) is 23.7 Å². The molecule has 0 bridgehead atoms. The fourth-order valence-corrected chi connectivity index (χ4v) is 4.36. The lowest BCUT2D eigenvalue weighted by atomic mass is 9.87. The Morgan fingerprint density at radius 2 is 1.43 bits per heavy atom. The van der Waals surface area contributed by atoms with Crippen molar-refractivity contribution in [2.75, 3.05) is 19.8 Å². The fourth-order valence-electron chi connectivity index (χ4n) is 4.36. The average Bonchev–Trinajstić information content (AvgIpc) is 3.33. The molecule has 0 saturated carbocycles. The maximum absolute atomic E-state index is 11.0. The van der Waals surface area contributed by atoms with Crippen molar-refractivity contribution in [1.82, 2.24) is 4.57 Å². The molecule has 0 amide bonds. The van der Waals surface area contributed by atoms with Crippen LogP contribution < -0.4 is 5.73 Å². The van der Waals surface area contributed by atoms with Crippen LogP contribution in [0.15, 0.2) is 79.0 Å². The number of aliphatic hydroxyl groups is 3. The number of fused-ring (bicyclic) bond motifs is 1. The van der Waals surface area contributed by atoms with Gasteiger partial charge < -0.3 is 30.7 Å². The SMILES string of the molecule is CC(C)(C)c1ccc(-n2cc(CCc3ccccc3)c3cc(CCC(=O)O)ccc32)cc1.NC(CO)(CO)CO. The van der Waals surface area contributed by atoms with Gasteiger partial charge in [-0.15, -0.1) is 0 Å². The third kappa shape index (κ3) is 8.26. The van der Waals surface area contributed by atoms with E-state index in [0.717, 1.165) is 29.6 Å². The predicted molar refractivity (Wildman–Crippen MR) is 160 cm³/mol. The molecule has 7 nitrogen and oxygen atoms in total. The molecule has 3 aromatic carbocycles. The van der Waals surface area contributed by atoms with Gasteiger partial charge in [0.25, 0.3) is 0 Å². The lowest BCUT2D eigenvalue weighted by Gasteiger charge is -2.20. The van der Waals surface area contributed by atoms with Crippen molar-refractivity contribution < 1.29 is 25.2 Å². The number of carboxylic acid groups (broad SMARTS) is 1. The highest BCUT2D eigenvalue weighted by molar-refractivity contribution is 5.86. The van der Waals surface area contributed by atoms with E-state index in [0.29, 0.717) is 6.42 Å². The third-order valence-corrected chi connectivity index (χ3v) is 7.06. The second kappa shape index (κ2) is 13.7. The summed E-state index contributed by atoms with van der Waals surface area (Å²) in [6.45, 7) is 5.48. The van der Waals surface area contributed by atoms with Crippen molar-refractivity contribution in [2.24, 2.45) is 5.73 Å². The zero-order valence-electron chi connectivity index (χ0n) is 23.7. The molecule has 40 heavy (non-hydrogen) atoms. The van der Waals surface area contributed by atoms with Gasteiger partial charge in [-0.05, 0) is 71.2 Å². The first-order valence-corrected chi connectivity index (χ1v) is 13.6. The molecule has 6 N–H and O–H groups in total. The lowest BCUT2D eigenvalue weighted by molar-refractivity contribution is -0.136. The second-order valence-corrected chi connectivity index (χ2v) is 11.4. The van der Waals surface area contributed by atoms with E-state index in [-0.39, 0.29) is 11.8 Å². The Kier molecular flexibility index (Phi) is 10.7. The minimum absolute atomic E-state index is 0.122. The van der Waals surface area contributed by atoms with E-state index in [1.807, 2.05) is 6.07 Å².